The SMILES string of the molecule is CCOC(CCCCOc1c(F)c(F)c(F)c(F)c1F)(O[SiH3])OCC. The Hall–Kier alpha value is -1.23. The average molecular weight is 388 g/mol. The van der Waals surface area contributed by atoms with Gasteiger partial charge in [-0.2, -0.15) is 8.78 Å². The van der Waals surface area contributed by atoms with Crippen LogP contribution in [0.4, 0.5) is 22.0 Å². The number of unbranched alkanes of at least 4 members (excludes halogenated alkanes) is 1. The first-order chi connectivity index (χ1) is 11.8. The van der Waals surface area contributed by atoms with Gasteiger partial charge in [-0.1, -0.05) is 0 Å². The van der Waals surface area contributed by atoms with Crippen LogP contribution in [0.15, 0.2) is 0 Å². The highest BCUT2D eigenvalue weighted by Gasteiger charge is 2.30. The smallest absolute Gasteiger partial charge is 0.272 e. The molecule has 0 unspecified atom stereocenters. The van der Waals surface area contributed by atoms with Gasteiger partial charge in [-0.15, -0.1) is 0 Å². The Labute approximate surface area is 145 Å². The summed E-state index contributed by atoms with van der Waals surface area (Å²) in [4.78, 5) is 0. The van der Waals surface area contributed by atoms with Gasteiger partial charge in [-0.25, -0.2) is 13.2 Å². The standard InChI is InChI=1S/C15H21F5O4Si/c1-3-22-15(24-25,23-4-2)7-5-6-8-21-14-12(19)10(17)9(16)11(18)13(14)20/h3-8H2,1-2,25H3. The molecule has 0 fully saturated rings. The fourth-order valence-electron chi connectivity index (χ4n) is 2.18. The summed E-state index contributed by atoms with van der Waals surface area (Å²) in [5, 5.41) is 0. The van der Waals surface area contributed by atoms with Gasteiger partial charge in [-0.05, 0) is 26.7 Å². The molecule has 10 heteroatoms. The second kappa shape index (κ2) is 10.0. The lowest BCUT2D eigenvalue weighted by molar-refractivity contribution is -0.344. The summed E-state index contributed by atoms with van der Waals surface area (Å²) in [6.45, 7) is 4.04. The van der Waals surface area contributed by atoms with Crippen LogP contribution < -0.4 is 4.74 Å². The van der Waals surface area contributed by atoms with Gasteiger partial charge >= 0.3 is 0 Å². The zero-order valence-corrected chi connectivity index (χ0v) is 16.3. The average Bonchev–Trinajstić information content (AvgIpc) is 2.60. The normalized spacial score (nSPS) is 12.0. The first-order valence-electron chi connectivity index (χ1n) is 7.80. The lowest BCUT2D eigenvalue weighted by atomic mass is 10.2. The highest BCUT2D eigenvalue weighted by atomic mass is 28.2. The van der Waals surface area contributed by atoms with Crippen LogP contribution in [-0.4, -0.2) is 36.3 Å². The van der Waals surface area contributed by atoms with Crippen molar-refractivity contribution in [2.24, 2.45) is 0 Å². The van der Waals surface area contributed by atoms with Gasteiger partial charge in [0.1, 0.15) is 0 Å². The Bertz CT molecular complexity index is 538. The number of ether oxygens (including phenoxy) is 3. The molecule has 0 spiro atoms. The van der Waals surface area contributed by atoms with Gasteiger partial charge in [0.25, 0.3) is 5.97 Å². The minimum absolute atomic E-state index is 0.242. The Morgan fingerprint density at radius 3 is 1.72 bits per heavy atom. The molecule has 25 heavy (non-hydrogen) atoms. The van der Waals surface area contributed by atoms with E-state index in [1.807, 2.05) is 0 Å². The Morgan fingerprint density at radius 2 is 1.28 bits per heavy atom. The van der Waals surface area contributed by atoms with Gasteiger partial charge in [0.05, 0.1) is 6.61 Å². The first kappa shape index (κ1) is 21.8. The molecule has 1 rings (SSSR count). The van der Waals surface area contributed by atoms with Gasteiger partial charge in [0.2, 0.25) is 29.1 Å². The third-order valence-electron chi connectivity index (χ3n) is 3.33. The third-order valence-corrected chi connectivity index (χ3v) is 3.95. The van der Waals surface area contributed by atoms with Crippen molar-refractivity contribution in [1.82, 2.24) is 0 Å². The second-order valence-electron chi connectivity index (χ2n) is 4.96. The van der Waals surface area contributed by atoms with E-state index < -0.39 is 40.8 Å². The lowest BCUT2D eigenvalue weighted by Crippen LogP contribution is -2.38. The van der Waals surface area contributed by atoms with Gasteiger partial charge in [-0.3, -0.25) is 0 Å². The molecular weight excluding hydrogens is 367 g/mol. The number of benzene rings is 1. The predicted octanol–water partition coefficient (Wildman–Crippen LogP) is 2.96. The van der Waals surface area contributed by atoms with Crippen molar-refractivity contribution in [2.45, 2.75) is 39.1 Å². The van der Waals surface area contributed by atoms with Crippen LogP contribution in [0.3, 0.4) is 0 Å². The number of halogens is 5. The monoisotopic (exact) mass is 388 g/mol. The summed E-state index contributed by atoms with van der Waals surface area (Å²) >= 11 is 0. The fraction of sp³-hybridized carbons (Fsp3) is 0.600. The molecular formula is C15H21F5O4Si. The molecule has 144 valence electrons. The summed E-state index contributed by atoms with van der Waals surface area (Å²) in [5.74, 6) is -12.7. The zero-order valence-electron chi connectivity index (χ0n) is 14.3. The molecule has 0 aliphatic carbocycles. The Morgan fingerprint density at radius 1 is 0.800 bits per heavy atom. The van der Waals surface area contributed by atoms with Crippen molar-refractivity contribution in [3.8, 4) is 5.75 Å². The molecule has 0 bridgehead atoms. The highest BCUT2D eigenvalue weighted by Crippen LogP contribution is 2.29. The molecule has 0 saturated heterocycles. The van der Waals surface area contributed by atoms with E-state index in [4.69, 9.17) is 18.6 Å². The van der Waals surface area contributed by atoms with Crippen molar-refractivity contribution >= 4 is 10.5 Å². The predicted molar refractivity (Wildman–Crippen MR) is 82.6 cm³/mol. The summed E-state index contributed by atoms with van der Waals surface area (Å²) < 4.78 is 87.0. The van der Waals surface area contributed by atoms with Crippen LogP contribution in [0.1, 0.15) is 33.1 Å². The molecule has 0 amide bonds. The Kier molecular flexibility index (Phi) is 8.76. The van der Waals surface area contributed by atoms with E-state index in [1.165, 1.54) is 0 Å². The molecule has 0 saturated carbocycles. The zero-order chi connectivity index (χ0) is 19.0. The Balaban J connectivity index is 2.62. The maximum atomic E-state index is 13.5. The summed E-state index contributed by atoms with van der Waals surface area (Å²) in [5.41, 5.74) is 0. The summed E-state index contributed by atoms with van der Waals surface area (Å²) in [6.07, 6.45) is 1.03. The van der Waals surface area contributed by atoms with E-state index in [0.717, 1.165) is 0 Å². The summed E-state index contributed by atoms with van der Waals surface area (Å²) in [6, 6.07) is 0. The van der Waals surface area contributed by atoms with Gasteiger partial charge in [0.15, 0.2) is 16.2 Å². The van der Waals surface area contributed by atoms with Crippen LogP contribution in [0.2, 0.25) is 0 Å². The van der Waals surface area contributed by atoms with Crippen LogP contribution in [0.5, 0.6) is 5.75 Å². The summed E-state index contributed by atoms with van der Waals surface area (Å²) in [7, 11) is 0.369. The molecule has 4 nitrogen and oxygen atoms in total. The maximum absolute atomic E-state index is 13.5. The highest BCUT2D eigenvalue weighted by molar-refractivity contribution is 5.98. The van der Waals surface area contributed by atoms with Crippen molar-refractivity contribution < 1.29 is 40.6 Å². The van der Waals surface area contributed by atoms with Gasteiger partial charge in [0, 0.05) is 19.6 Å². The molecule has 0 aliphatic heterocycles. The van der Waals surface area contributed by atoms with E-state index in [2.05, 4.69) is 0 Å². The van der Waals surface area contributed by atoms with E-state index in [-0.39, 0.29) is 13.0 Å². The fourth-order valence-corrected chi connectivity index (χ4v) is 2.61. The minimum atomic E-state index is -2.22. The molecule has 1 aromatic rings. The van der Waals surface area contributed by atoms with E-state index in [0.29, 0.717) is 36.5 Å². The molecule has 0 heterocycles. The molecule has 1 aromatic carbocycles. The molecule has 0 N–H and O–H groups in total. The first-order valence-corrected chi connectivity index (χ1v) is 8.62. The molecule has 0 radical (unpaired) electrons. The van der Waals surface area contributed by atoms with E-state index in [1.54, 1.807) is 13.8 Å². The topological polar surface area (TPSA) is 36.9 Å². The maximum Gasteiger partial charge on any atom is 0.272 e. The molecule has 0 aliphatic rings. The van der Waals surface area contributed by atoms with Crippen LogP contribution in [0.25, 0.3) is 0 Å². The minimum Gasteiger partial charge on any atom is -0.487 e. The third kappa shape index (κ3) is 5.37. The lowest BCUT2D eigenvalue weighted by Gasteiger charge is -2.31. The van der Waals surface area contributed by atoms with Gasteiger partial charge < -0.3 is 18.6 Å². The van der Waals surface area contributed by atoms with Crippen molar-refractivity contribution in [2.75, 3.05) is 19.8 Å². The van der Waals surface area contributed by atoms with Crippen LogP contribution in [0, 0.1) is 29.1 Å². The van der Waals surface area contributed by atoms with Crippen molar-refractivity contribution in [1.29, 1.82) is 0 Å². The van der Waals surface area contributed by atoms with E-state index in [9.17, 15) is 22.0 Å². The van der Waals surface area contributed by atoms with Crippen LogP contribution >= 0.6 is 0 Å². The van der Waals surface area contributed by atoms with Crippen molar-refractivity contribution in [3.63, 3.8) is 0 Å². The largest absolute Gasteiger partial charge is 0.487 e. The number of rotatable bonds is 11. The van der Waals surface area contributed by atoms with Crippen LogP contribution in [-0.2, 0) is 13.9 Å². The number of hydrogen-bond acceptors (Lipinski definition) is 4. The van der Waals surface area contributed by atoms with E-state index >= 15 is 0 Å². The number of hydrogen-bond donors (Lipinski definition) is 0. The van der Waals surface area contributed by atoms with Crippen molar-refractivity contribution in [3.05, 3.63) is 29.1 Å². The molecule has 0 aromatic heterocycles. The molecule has 0 atom stereocenters. The second-order valence-corrected chi connectivity index (χ2v) is 5.37. The quantitative estimate of drug-likeness (QED) is 0.146.